The lowest BCUT2D eigenvalue weighted by molar-refractivity contribution is -0.134. The van der Waals surface area contributed by atoms with Crippen molar-refractivity contribution in [3.05, 3.63) is 78.1 Å². The van der Waals surface area contributed by atoms with Gasteiger partial charge < -0.3 is 19.5 Å². The summed E-state index contributed by atoms with van der Waals surface area (Å²) in [6.45, 7) is 4.64. The van der Waals surface area contributed by atoms with Crippen LogP contribution in [-0.4, -0.2) is 51.6 Å². The number of rotatable bonds is 5. The first-order chi connectivity index (χ1) is 15.7. The molecule has 7 nitrogen and oxygen atoms in total. The van der Waals surface area contributed by atoms with Gasteiger partial charge in [0.15, 0.2) is 0 Å². The Hall–Kier alpha value is -3.71. The maximum atomic E-state index is 12.5. The average Bonchev–Trinajstić information content (AvgIpc) is 3.25. The minimum atomic E-state index is 0.145. The van der Waals surface area contributed by atoms with Crippen molar-refractivity contribution in [2.75, 3.05) is 31.6 Å². The number of nitrogens with zero attached hydrogens (tertiary/aromatic N) is 4. The van der Waals surface area contributed by atoms with Crippen molar-refractivity contribution in [1.29, 1.82) is 0 Å². The lowest BCUT2D eigenvalue weighted by Crippen LogP contribution is -2.41. The number of hydrogen-bond donors (Lipinski definition) is 1. The Morgan fingerprint density at radius 2 is 1.78 bits per heavy atom. The number of hydrogen-bond acceptors (Lipinski definition) is 5. The van der Waals surface area contributed by atoms with Gasteiger partial charge in [0, 0.05) is 42.2 Å². The summed E-state index contributed by atoms with van der Waals surface area (Å²) in [6.07, 6.45) is 4.22. The van der Waals surface area contributed by atoms with E-state index >= 15 is 0 Å². The number of fused-ring (bicyclic) bond motifs is 1. The van der Waals surface area contributed by atoms with Crippen molar-refractivity contribution in [3.63, 3.8) is 0 Å². The molecular formula is C25H25N5O2. The average molecular weight is 428 g/mol. The van der Waals surface area contributed by atoms with Gasteiger partial charge in [0.05, 0.1) is 19.6 Å². The molecule has 0 bridgehead atoms. The fourth-order valence-electron chi connectivity index (χ4n) is 3.83. The first-order valence-corrected chi connectivity index (χ1v) is 10.8. The number of anilines is 2. The molecule has 2 aromatic heterocycles. The van der Waals surface area contributed by atoms with Gasteiger partial charge in [-0.3, -0.25) is 4.79 Å². The molecule has 32 heavy (non-hydrogen) atoms. The predicted molar refractivity (Wildman–Crippen MR) is 124 cm³/mol. The number of nitrogens with one attached hydrogen (secondary N) is 1. The second-order valence-electron chi connectivity index (χ2n) is 7.99. The summed E-state index contributed by atoms with van der Waals surface area (Å²) in [5, 5.41) is 4.23. The van der Waals surface area contributed by atoms with E-state index in [1.54, 1.807) is 0 Å². The van der Waals surface area contributed by atoms with Crippen LogP contribution in [0.4, 0.5) is 11.6 Å². The quantitative estimate of drug-likeness (QED) is 0.523. The molecule has 1 aliphatic heterocycles. The molecule has 3 heterocycles. The summed E-state index contributed by atoms with van der Waals surface area (Å²) in [5.41, 5.74) is 4.96. The van der Waals surface area contributed by atoms with Crippen LogP contribution in [0.15, 0.2) is 67.0 Å². The van der Waals surface area contributed by atoms with Gasteiger partial charge in [0.2, 0.25) is 11.9 Å². The molecule has 1 saturated heterocycles. The molecule has 2 aromatic carbocycles. The molecule has 0 saturated carbocycles. The minimum absolute atomic E-state index is 0.145. The van der Waals surface area contributed by atoms with Gasteiger partial charge >= 0.3 is 0 Å². The fourth-order valence-corrected chi connectivity index (χ4v) is 3.83. The van der Waals surface area contributed by atoms with E-state index < -0.39 is 0 Å². The number of aromatic nitrogens is 3. The van der Waals surface area contributed by atoms with E-state index in [0.717, 1.165) is 28.0 Å². The Balaban J connectivity index is 1.34. The van der Waals surface area contributed by atoms with E-state index in [1.165, 1.54) is 5.56 Å². The lowest BCUT2D eigenvalue weighted by Gasteiger charge is -2.26. The van der Waals surface area contributed by atoms with E-state index in [4.69, 9.17) is 9.72 Å². The number of carbonyl (C=O) groups excluding carboxylic acids is 1. The zero-order valence-electron chi connectivity index (χ0n) is 18.0. The Labute approximate surface area is 186 Å². The van der Waals surface area contributed by atoms with Crippen LogP contribution >= 0.6 is 0 Å². The third kappa shape index (κ3) is 4.33. The molecule has 4 aromatic rings. The van der Waals surface area contributed by atoms with Gasteiger partial charge in [-0.2, -0.15) is 4.98 Å². The molecule has 162 valence electrons. The van der Waals surface area contributed by atoms with Crippen LogP contribution in [0.5, 0.6) is 0 Å². The van der Waals surface area contributed by atoms with Crippen molar-refractivity contribution in [1.82, 2.24) is 19.4 Å². The Morgan fingerprint density at radius 1 is 1.03 bits per heavy atom. The largest absolute Gasteiger partial charge is 0.378 e. The molecule has 1 N–H and O–H groups in total. The van der Waals surface area contributed by atoms with Crippen LogP contribution in [0.1, 0.15) is 11.1 Å². The van der Waals surface area contributed by atoms with Crippen LogP contribution in [0.25, 0.3) is 16.7 Å². The first kappa shape index (κ1) is 20.2. The van der Waals surface area contributed by atoms with Crippen LogP contribution in [0, 0.1) is 6.92 Å². The standard InChI is InChI=1S/C25H25N5O2/c1-18-2-6-21(7-3-18)27-25-26-17-20-10-11-30(24(20)28-25)22-8-4-19(5-9-22)16-23(31)29-12-14-32-15-13-29/h2-11,17H,12-16H2,1H3,(H,26,27,28). The maximum Gasteiger partial charge on any atom is 0.229 e. The highest BCUT2D eigenvalue weighted by Crippen LogP contribution is 2.22. The number of aryl methyl sites for hydroxylation is 1. The molecule has 1 fully saturated rings. The third-order valence-corrected chi connectivity index (χ3v) is 5.67. The predicted octanol–water partition coefficient (Wildman–Crippen LogP) is 3.87. The lowest BCUT2D eigenvalue weighted by atomic mass is 10.1. The summed E-state index contributed by atoms with van der Waals surface area (Å²) in [5.74, 6) is 0.695. The van der Waals surface area contributed by atoms with Gasteiger partial charge in [-0.1, -0.05) is 29.8 Å². The molecule has 7 heteroatoms. The van der Waals surface area contributed by atoms with Crippen LogP contribution < -0.4 is 5.32 Å². The van der Waals surface area contributed by atoms with Crippen molar-refractivity contribution in [3.8, 4) is 5.69 Å². The van der Waals surface area contributed by atoms with Gasteiger partial charge in [0.1, 0.15) is 5.65 Å². The smallest absolute Gasteiger partial charge is 0.229 e. The first-order valence-electron chi connectivity index (χ1n) is 10.8. The molecule has 0 atom stereocenters. The monoisotopic (exact) mass is 427 g/mol. The number of ether oxygens (including phenoxy) is 1. The summed E-state index contributed by atoms with van der Waals surface area (Å²) < 4.78 is 7.36. The van der Waals surface area contributed by atoms with Gasteiger partial charge in [0.25, 0.3) is 0 Å². The summed E-state index contributed by atoms with van der Waals surface area (Å²) >= 11 is 0. The Morgan fingerprint density at radius 3 is 2.53 bits per heavy atom. The van der Waals surface area contributed by atoms with Gasteiger partial charge in [-0.15, -0.1) is 0 Å². The molecule has 0 radical (unpaired) electrons. The zero-order valence-corrected chi connectivity index (χ0v) is 18.0. The van der Waals surface area contributed by atoms with Crippen LogP contribution in [-0.2, 0) is 16.0 Å². The van der Waals surface area contributed by atoms with Crippen molar-refractivity contribution in [2.24, 2.45) is 0 Å². The Kier molecular flexibility index (Phi) is 5.56. The van der Waals surface area contributed by atoms with Gasteiger partial charge in [-0.25, -0.2) is 4.98 Å². The fraction of sp³-hybridized carbons (Fsp3) is 0.240. The van der Waals surface area contributed by atoms with Crippen molar-refractivity contribution in [2.45, 2.75) is 13.3 Å². The number of benzene rings is 2. The highest BCUT2D eigenvalue weighted by Gasteiger charge is 2.17. The summed E-state index contributed by atoms with van der Waals surface area (Å²) in [4.78, 5) is 23.5. The SMILES string of the molecule is Cc1ccc(Nc2ncc3ccn(-c4ccc(CC(=O)N5CCOCC5)cc4)c3n2)cc1. The van der Waals surface area contributed by atoms with E-state index in [0.29, 0.717) is 38.7 Å². The van der Waals surface area contributed by atoms with Crippen LogP contribution in [0.3, 0.4) is 0 Å². The molecule has 1 aliphatic rings. The third-order valence-electron chi connectivity index (χ3n) is 5.67. The molecule has 0 unspecified atom stereocenters. The normalized spacial score (nSPS) is 14.0. The molecule has 0 aliphatic carbocycles. The van der Waals surface area contributed by atoms with Crippen molar-refractivity contribution >= 4 is 28.6 Å². The van der Waals surface area contributed by atoms with Crippen molar-refractivity contribution < 1.29 is 9.53 Å². The van der Waals surface area contributed by atoms with Gasteiger partial charge in [-0.05, 0) is 42.8 Å². The molecular weight excluding hydrogens is 402 g/mol. The number of amides is 1. The zero-order chi connectivity index (χ0) is 21.9. The second-order valence-corrected chi connectivity index (χ2v) is 7.99. The number of morpholine rings is 1. The van der Waals surface area contributed by atoms with E-state index in [1.807, 2.05) is 64.3 Å². The second kappa shape index (κ2) is 8.80. The van der Waals surface area contributed by atoms with E-state index in [2.05, 4.69) is 29.4 Å². The minimum Gasteiger partial charge on any atom is -0.378 e. The summed E-state index contributed by atoms with van der Waals surface area (Å²) in [6, 6.07) is 18.2. The highest BCUT2D eigenvalue weighted by molar-refractivity contribution is 5.80. The molecule has 0 spiro atoms. The highest BCUT2D eigenvalue weighted by atomic mass is 16.5. The summed E-state index contributed by atoms with van der Waals surface area (Å²) in [7, 11) is 0. The maximum absolute atomic E-state index is 12.5. The van der Waals surface area contributed by atoms with E-state index in [9.17, 15) is 4.79 Å². The topological polar surface area (TPSA) is 72.3 Å². The molecule has 1 amide bonds. The van der Waals surface area contributed by atoms with Crippen LogP contribution in [0.2, 0.25) is 0 Å². The molecule has 5 rings (SSSR count). The van der Waals surface area contributed by atoms with E-state index in [-0.39, 0.29) is 5.91 Å². The number of carbonyl (C=O) groups is 1. The Bertz CT molecular complexity index is 1230.